The summed E-state index contributed by atoms with van der Waals surface area (Å²) in [6.07, 6.45) is -3.11. The highest BCUT2D eigenvalue weighted by molar-refractivity contribution is 7.19. The molecular weight excluding hydrogens is 465 g/mol. The first kappa shape index (κ1) is 24.1. The molecule has 2 aliphatic rings. The van der Waals surface area contributed by atoms with E-state index in [0.29, 0.717) is 15.8 Å². The van der Waals surface area contributed by atoms with E-state index in [0.717, 1.165) is 10.9 Å². The molecule has 0 bridgehead atoms. The SMILES string of the molecule is CC.Cc1nc(C(F)(F)F)cc(-c2ccnc3cc(CN4C(=O)C5C(C4=O)C5(C)C)sc23)c1N. The van der Waals surface area contributed by atoms with Crippen molar-refractivity contribution in [1.29, 1.82) is 0 Å². The standard InChI is InChI=1S/C22H19F3N4O2S.C2H6/c1-9-17(26)12(7-14(28-9)22(23,24)25)11-4-5-27-13-6-10(32-18(11)13)8-29-19(30)15-16(20(29)31)21(15,2)3;1-2/h4-7,15-16H,8,26H2,1-3H3;1-2H3. The minimum absolute atomic E-state index is 0.0895. The second-order valence-corrected chi connectivity index (χ2v) is 10.0. The minimum Gasteiger partial charge on any atom is -0.397 e. The summed E-state index contributed by atoms with van der Waals surface area (Å²) in [5, 5.41) is 0. The van der Waals surface area contributed by atoms with Crippen LogP contribution in [0.2, 0.25) is 0 Å². The van der Waals surface area contributed by atoms with Crippen molar-refractivity contribution in [2.45, 2.75) is 47.3 Å². The van der Waals surface area contributed by atoms with Crippen LogP contribution in [0.15, 0.2) is 24.4 Å². The van der Waals surface area contributed by atoms with E-state index < -0.39 is 11.9 Å². The topological polar surface area (TPSA) is 89.2 Å². The number of aryl methyl sites for hydroxylation is 1. The van der Waals surface area contributed by atoms with Crippen LogP contribution in [0, 0.1) is 24.2 Å². The van der Waals surface area contributed by atoms with Crippen molar-refractivity contribution in [3.8, 4) is 11.1 Å². The second kappa shape index (κ2) is 8.04. The molecule has 1 saturated carbocycles. The molecule has 1 aliphatic heterocycles. The van der Waals surface area contributed by atoms with Gasteiger partial charge in [0.2, 0.25) is 11.8 Å². The maximum Gasteiger partial charge on any atom is 0.433 e. The molecule has 2 fully saturated rings. The van der Waals surface area contributed by atoms with Crippen LogP contribution in [0.1, 0.15) is 44.0 Å². The zero-order valence-corrected chi connectivity index (χ0v) is 20.3. The number of hydrogen-bond acceptors (Lipinski definition) is 6. The first-order chi connectivity index (χ1) is 15.9. The Morgan fingerprint density at radius 3 is 2.32 bits per heavy atom. The molecule has 0 spiro atoms. The van der Waals surface area contributed by atoms with Gasteiger partial charge in [-0.3, -0.25) is 19.5 Å². The van der Waals surface area contributed by atoms with Gasteiger partial charge in [0.05, 0.1) is 40.0 Å². The van der Waals surface area contributed by atoms with Gasteiger partial charge in [-0.05, 0) is 30.5 Å². The number of alkyl halides is 3. The zero-order chi connectivity index (χ0) is 25.2. The number of amides is 2. The Morgan fingerprint density at radius 1 is 1.12 bits per heavy atom. The number of halogens is 3. The Labute approximate surface area is 199 Å². The van der Waals surface area contributed by atoms with Gasteiger partial charge in [-0.2, -0.15) is 13.2 Å². The summed E-state index contributed by atoms with van der Waals surface area (Å²) in [6, 6.07) is 4.31. The zero-order valence-electron chi connectivity index (χ0n) is 19.4. The maximum atomic E-state index is 13.3. The van der Waals surface area contributed by atoms with Crippen LogP contribution >= 0.6 is 11.3 Å². The summed E-state index contributed by atoms with van der Waals surface area (Å²) < 4.78 is 40.6. The van der Waals surface area contributed by atoms with E-state index in [4.69, 9.17) is 5.73 Å². The number of anilines is 1. The molecule has 10 heteroatoms. The van der Waals surface area contributed by atoms with Crippen LogP contribution in [-0.4, -0.2) is 26.7 Å². The van der Waals surface area contributed by atoms with E-state index in [1.165, 1.54) is 29.4 Å². The average Bonchev–Trinajstić information content (AvgIpc) is 3.03. The summed E-state index contributed by atoms with van der Waals surface area (Å²) in [6.45, 7) is 9.40. The molecule has 180 valence electrons. The molecule has 34 heavy (non-hydrogen) atoms. The number of thiophene rings is 1. The summed E-state index contributed by atoms with van der Waals surface area (Å²) in [5.41, 5.74) is 6.33. The molecule has 1 aliphatic carbocycles. The lowest BCUT2D eigenvalue weighted by molar-refractivity contribution is -0.144. The van der Waals surface area contributed by atoms with Crippen LogP contribution in [0.25, 0.3) is 21.3 Å². The molecule has 1 saturated heterocycles. The molecule has 3 aromatic rings. The van der Waals surface area contributed by atoms with Gasteiger partial charge in [0.1, 0.15) is 5.69 Å². The predicted octanol–water partition coefficient (Wildman–Crippen LogP) is 5.43. The van der Waals surface area contributed by atoms with E-state index in [9.17, 15) is 22.8 Å². The highest BCUT2D eigenvalue weighted by atomic mass is 32.1. The number of carbonyl (C=O) groups is 2. The van der Waals surface area contributed by atoms with E-state index in [1.807, 2.05) is 27.7 Å². The van der Waals surface area contributed by atoms with E-state index >= 15 is 0 Å². The number of hydrogen-bond donors (Lipinski definition) is 1. The van der Waals surface area contributed by atoms with Crippen LogP contribution in [0.5, 0.6) is 0 Å². The van der Waals surface area contributed by atoms with Gasteiger partial charge in [0.25, 0.3) is 0 Å². The Hall–Kier alpha value is -3.01. The fourth-order valence-corrected chi connectivity index (χ4v) is 5.77. The van der Waals surface area contributed by atoms with Gasteiger partial charge in [-0.15, -0.1) is 11.3 Å². The number of nitrogen functional groups attached to an aromatic ring is 1. The van der Waals surface area contributed by atoms with Gasteiger partial charge in [0.15, 0.2) is 0 Å². The lowest BCUT2D eigenvalue weighted by Crippen LogP contribution is -2.35. The van der Waals surface area contributed by atoms with Gasteiger partial charge in [0, 0.05) is 22.2 Å². The van der Waals surface area contributed by atoms with Gasteiger partial charge in [-0.1, -0.05) is 27.7 Å². The van der Waals surface area contributed by atoms with Crippen LogP contribution in [0.4, 0.5) is 18.9 Å². The van der Waals surface area contributed by atoms with Crippen molar-refractivity contribution in [3.63, 3.8) is 0 Å². The molecule has 0 aromatic carbocycles. The summed E-state index contributed by atoms with van der Waals surface area (Å²) in [4.78, 5) is 35.2. The second-order valence-electron chi connectivity index (χ2n) is 8.88. The molecule has 5 rings (SSSR count). The largest absolute Gasteiger partial charge is 0.433 e. The molecule has 6 nitrogen and oxygen atoms in total. The number of piperidine rings is 1. The predicted molar refractivity (Wildman–Crippen MR) is 125 cm³/mol. The third-order valence-corrected chi connectivity index (χ3v) is 7.64. The summed E-state index contributed by atoms with van der Waals surface area (Å²) in [7, 11) is 0. The molecule has 2 N–H and O–H groups in total. The van der Waals surface area contributed by atoms with Crippen molar-refractivity contribution in [3.05, 3.63) is 40.7 Å². The first-order valence-corrected chi connectivity index (χ1v) is 11.8. The number of likely N-dealkylation sites (tertiary alicyclic amines) is 1. The van der Waals surface area contributed by atoms with Crippen LogP contribution in [0.3, 0.4) is 0 Å². The summed E-state index contributed by atoms with van der Waals surface area (Å²) >= 11 is 1.29. The molecule has 4 heterocycles. The molecule has 2 atom stereocenters. The lowest BCUT2D eigenvalue weighted by Gasteiger charge is -2.19. The monoisotopic (exact) mass is 490 g/mol. The van der Waals surface area contributed by atoms with Gasteiger partial charge in [-0.25, -0.2) is 4.98 Å². The fraction of sp³-hybridized carbons (Fsp3) is 0.417. The molecule has 0 radical (unpaired) electrons. The minimum atomic E-state index is -4.61. The normalized spacial score (nSPS) is 20.9. The smallest absolute Gasteiger partial charge is 0.397 e. The van der Waals surface area contributed by atoms with Crippen molar-refractivity contribution in [1.82, 2.24) is 14.9 Å². The van der Waals surface area contributed by atoms with Crippen LogP contribution < -0.4 is 5.73 Å². The maximum absolute atomic E-state index is 13.3. The molecule has 3 aromatic heterocycles. The lowest BCUT2D eigenvalue weighted by atomic mass is 10.0. The van der Waals surface area contributed by atoms with Gasteiger partial charge >= 0.3 is 6.18 Å². The van der Waals surface area contributed by atoms with Gasteiger partial charge < -0.3 is 5.73 Å². The number of aromatic nitrogens is 2. The number of rotatable bonds is 3. The van der Waals surface area contributed by atoms with E-state index in [2.05, 4.69) is 9.97 Å². The number of nitrogens with two attached hydrogens (primary N) is 1. The number of fused-ring (bicyclic) bond motifs is 2. The number of pyridine rings is 2. The number of imide groups is 1. The van der Waals surface area contributed by atoms with E-state index in [1.54, 1.807) is 12.1 Å². The molecule has 2 unspecified atom stereocenters. The first-order valence-electron chi connectivity index (χ1n) is 11.0. The Morgan fingerprint density at radius 2 is 1.74 bits per heavy atom. The fourth-order valence-electron chi connectivity index (χ4n) is 4.64. The highest BCUT2D eigenvalue weighted by Crippen LogP contribution is 2.63. The van der Waals surface area contributed by atoms with Crippen molar-refractivity contribution < 1.29 is 22.8 Å². The highest BCUT2D eigenvalue weighted by Gasteiger charge is 2.72. The quantitative estimate of drug-likeness (QED) is 0.494. The third-order valence-electron chi connectivity index (χ3n) is 6.50. The van der Waals surface area contributed by atoms with Crippen molar-refractivity contribution >= 4 is 39.1 Å². The summed E-state index contributed by atoms with van der Waals surface area (Å²) in [5.74, 6) is -0.865. The Kier molecular flexibility index (Phi) is 5.70. The third kappa shape index (κ3) is 3.64. The molecular formula is C24H25F3N4O2S. The Balaban J connectivity index is 0.00000133. The average molecular weight is 491 g/mol. The van der Waals surface area contributed by atoms with Crippen LogP contribution in [-0.2, 0) is 22.3 Å². The number of carbonyl (C=O) groups excluding carboxylic acids is 2. The number of nitrogens with zero attached hydrogens (tertiary/aromatic N) is 3. The Bertz CT molecular complexity index is 1290. The van der Waals surface area contributed by atoms with Crippen molar-refractivity contribution in [2.24, 2.45) is 17.3 Å². The van der Waals surface area contributed by atoms with Crippen molar-refractivity contribution in [2.75, 3.05) is 5.73 Å². The molecule has 2 amide bonds. The van der Waals surface area contributed by atoms with E-state index in [-0.39, 0.29) is 52.6 Å².